The second-order valence-corrected chi connectivity index (χ2v) is 5.05. The van der Waals surface area contributed by atoms with E-state index in [1.807, 2.05) is 13.8 Å². The Hall–Kier alpha value is -1.14. The minimum atomic E-state index is -0.488. The van der Waals surface area contributed by atoms with Crippen LogP contribution in [-0.2, 0) is 5.54 Å². The van der Waals surface area contributed by atoms with Crippen LogP contribution < -0.4 is 10.6 Å². The normalized spacial score (nSPS) is 18.3. The summed E-state index contributed by atoms with van der Waals surface area (Å²) in [7, 11) is 2.12. The number of nitrogens with zero attached hydrogens (tertiary/aromatic N) is 4. The topological polar surface area (TPSA) is 71.4 Å². The largest absolute Gasteiger partial charge is 0.336 e. The standard InChI is InChI=1S/C12H23N5O/c1-4-12(13,5-2)10-14-11(15-18-10)17-8-6-16(3)7-9-17/h4-9,13H2,1-3H3. The molecule has 0 spiro atoms. The summed E-state index contributed by atoms with van der Waals surface area (Å²) in [5.41, 5.74) is 5.77. The van der Waals surface area contributed by atoms with Gasteiger partial charge in [0.15, 0.2) is 0 Å². The van der Waals surface area contributed by atoms with Gasteiger partial charge in [0.1, 0.15) is 0 Å². The smallest absolute Gasteiger partial charge is 0.266 e. The molecular formula is C12H23N5O. The molecule has 1 aliphatic heterocycles. The predicted molar refractivity (Wildman–Crippen MR) is 70.5 cm³/mol. The number of hydrogen-bond acceptors (Lipinski definition) is 6. The van der Waals surface area contributed by atoms with Crippen molar-refractivity contribution in [3.63, 3.8) is 0 Å². The number of aromatic nitrogens is 2. The van der Waals surface area contributed by atoms with Gasteiger partial charge < -0.3 is 20.1 Å². The first kappa shape index (κ1) is 13.3. The van der Waals surface area contributed by atoms with Crippen LogP contribution in [0, 0.1) is 0 Å². The van der Waals surface area contributed by atoms with Crippen LogP contribution in [0.3, 0.4) is 0 Å². The highest BCUT2D eigenvalue weighted by atomic mass is 16.5. The molecule has 2 heterocycles. The van der Waals surface area contributed by atoms with Gasteiger partial charge in [0.05, 0.1) is 5.54 Å². The predicted octanol–water partition coefficient (Wildman–Crippen LogP) is 0.795. The van der Waals surface area contributed by atoms with Crippen LogP contribution in [0.5, 0.6) is 0 Å². The van der Waals surface area contributed by atoms with Gasteiger partial charge in [0.25, 0.3) is 5.95 Å². The number of rotatable bonds is 4. The van der Waals surface area contributed by atoms with Gasteiger partial charge in [0.2, 0.25) is 5.89 Å². The number of nitrogens with two attached hydrogens (primary N) is 1. The van der Waals surface area contributed by atoms with Crippen LogP contribution in [0.15, 0.2) is 4.52 Å². The van der Waals surface area contributed by atoms with Crippen molar-refractivity contribution in [1.82, 2.24) is 15.0 Å². The maximum Gasteiger partial charge on any atom is 0.266 e. The fraction of sp³-hybridized carbons (Fsp3) is 0.833. The van der Waals surface area contributed by atoms with Crippen molar-refractivity contribution in [2.75, 3.05) is 38.1 Å². The fourth-order valence-electron chi connectivity index (χ4n) is 2.11. The Morgan fingerprint density at radius 3 is 2.39 bits per heavy atom. The van der Waals surface area contributed by atoms with Gasteiger partial charge in [-0.15, -0.1) is 0 Å². The van der Waals surface area contributed by atoms with Gasteiger partial charge in [-0.2, -0.15) is 4.98 Å². The molecule has 1 aliphatic rings. The van der Waals surface area contributed by atoms with Gasteiger partial charge in [-0.05, 0) is 25.0 Å². The molecule has 2 rings (SSSR count). The van der Waals surface area contributed by atoms with Crippen molar-refractivity contribution in [2.45, 2.75) is 32.2 Å². The molecule has 0 aromatic carbocycles. The summed E-state index contributed by atoms with van der Waals surface area (Å²) in [6.07, 6.45) is 1.60. The molecule has 6 nitrogen and oxygen atoms in total. The molecule has 0 saturated carbocycles. The summed E-state index contributed by atoms with van der Waals surface area (Å²) in [6, 6.07) is 0. The molecule has 18 heavy (non-hydrogen) atoms. The van der Waals surface area contributed by atoms with Crippen molar-refractivity contribution in [1.29, 1.82) is 0 Å². The van der Waals surface area contributed by atoms with Gasteiger partial charge in [0, 0.05) is 26.2 Å². The highest BCUT2D eigenvalue weighted by Gasteiger charge is 2.31. The van der Waals surface area contributed by atoms with Gasteiger partial charge in [-0.25, -0.2) is 0 Å². The fourth-order valence-corrected chi connectivity index (χ4v) is 2.11. The molecule has 2 N–H and O–H groups in total. The lowest BCUT2D eigenvalue weighted by Gasteiger charge is -2.31. The summed E-state index contributed by atoms with van der Waals surface area (Å²) in [5.74, 6) is 1.23. The molecule has 0 unspecified atom stereocenters. The lowest BCUT2D eigenvalue weighted by Crippen LogP contribution is -2.45. The van der Waals surface area contributed by atoms with E-state index in [-0.39, 0.29) is 0 Å². The van der Waals surface area contributed by atoms with Crippen LogP contribution in [0.2, 0.25) is 0 Å². The molecule has 0 atom stereocenters. The van der Waals surface area contributed by atoms with E-state index < -0.39 is 5.54 Å². The number of anilines is 1. The molecule has 1 aromatic heterocycles. The summed E-state index contributed by atoms with van der Waals surface area (Å²) in [5, 5.41) is 4.07. The van der Waals surface area contributed by atoms with Crippen LogP contribution in [-0.4, -0.2) is 48.3 Å². The van der Waals surface area contributed by atoms with Crippen LogP contribution >= 0.6 is 0 Å². The van der Waals surface area contributed by atoms with E-state index in [2.05, 4.69) is 27.0 Å². The van der Waals surface area contributed by atoms with Crippen LogP contribution in [0.1, 0.15) is 32.6 Å². The zero-order chi connectivity index (χ0) is 13.2. The maximum atomic E-state index is 6.26. The quantitative estimate of drug-likeness (QED) is 0.855. The van der Waals surface area contributed by atoms with Gasteiger partial charge in [-0.1, -0.05) is 13.8 Å². The highest BCUT2D eigenvalue weighted by molar-refractivity contribution is 5.29. The number of likely N-dealkylation sites (N-methyl/N-ethyl adjacent to an activating group) is 1. The molecule has 1 aromatic rings. The van der Waals surface area contributed by atoms with Crippen molar-refractivity contribution in [2.24, 2.45) is 5.73 Å². The van der Waals surface area contributed by atoms with Gasteiger partial charge in [-0.3, -0.25) is 0 Å². The zero-order valence-corrected chi connectivity index (χ0v) is 11.5. The Morgan fingerprint density at radius 2 is 1.83 bits per heavy atom. The van der Waals surface area contributed by atoms with E-state index in [4.69, 9.17) is 10.3 Å². The highest BCUT2D eigenvalue weighted by Crippen LogP contribution is 2.25. The SMILES string of the molecule is CCC(N)(CC)c1nc(N2CCN(C)CC2)no1. The van der Waals surface area contributed by atoms with Crippen LogP contribution in [0.25, 0.3) is 0 Å². The third kappa shape index (κ3) is 2.49. The van der Waals surface area contributed by atoms with Crippen molar-refractivity contribution >= 4 is 5.95 Å². The third-order valence-corrected chi connectivity index (χ3v) is 3.89. The molecule has 0 amide bonds. The zero-order valence-electron chi connectivity index (χ0n) is 11.5. The lowest BCUT2D eigenvalue weighted by molar-refractivity contribution is 0.267. The maximum absolute atomic E-state index is 6.26. The molecule has 0 bridgehead atoms. The van der Waals surface area contributed by atoms with E-state index in [0.29, 0.717) is 11.8 Å². The molecular weight excluding hydrogens is 230 g/mol. The number of piperazine rings is 1. The minimum Gasteiger partial charge on any atom is -0.336 e. The second kappa shape index (κ2) is 5.24. The number of hydrogen-bond donors (Lipinski definition) is 1. The summed E-state index contributed by atoms with van der Waals surface area (Å²) < 4.78 is 5.35. The van der Waals surface area contributed by atoms with Crippen LogP contribution in [0.4, 0.5) is 5.95 Å². The first-order valence-corrected chi connectivity index (χ1v) is 6.65. The molecule has 0 aliphatic carbocycles. The Balaban J connectivity index is 2.10. The van der Waals surface area contributed by atoms with E-state index in [9.17, 15) is 0 Å². The van der Waals surface area contributed by atoms with E-state index in [0.717, 1.165) is 39.0 Å². The Bertz CT molecular complexity index is 380. The second-order valence-electron chi connectivity index (χ2n) is 5.05. The molecule has 0 radical (unpaired) electrons. The monoisotopic (exact) mass is 253 g/mol. The van der Waals surface area contributed by atoms with Crippen molar-refractivity contribution in [3.05, 3.63) is 5.89 Å². The average molecular weight is 253 g/mol. The minimum absolute atomic E-state index is 0.488. The lowest BCUT2D eigenvalue weighted by atomic mass is 9.94. The first-order valence-electron chi connectivity index (χ1n) is 6.65. The van der Waals surface area contributed by atoms with E-state index >= 15 is 0 Å². The van der Waals surface area contributed by atoms with E-state index in [1.54, 1.807) is 0 Å². The van der Waals surface area contributed by atoms with E-state index in [1.165, 1.54) is 0 Å². The Morgan fingerprint density at radius 1 is 1.22 bits per heavy atom. The summed E-state index contributed by atoms with van der Waals surface area (Å²) in [4.78, 5) is 8.92. The molecule has 6 heteroatoms. The summed E-state index contributed by atoms with van der Waals surface area (Å²) >= 11 is 0. The molecule has 1 fully saturated rings. The summed E-state index contributed by atoms with van der Waals surface area (Å²) in [6.45, 7) is 8.02. The Labute approximate surface area is 108 Å². The van der Waals surface area contributed by atoms with Crippen molar-refractivity contribution in [3.8, 4) is 0 Å². The average Bonchev–Trinajstić information content (AvgIpc) is 2.89. The molecule has 102 valence electrons. The molecule has 1 saturated heterocycles. The van der Waals surface area contributed by atoms with Crippen molar-refractivity contribution < 1.29 is 4.52 Å². The van der Waals surface area contributed by atoms with Gasteiger partial charge >= 0.3 is 0 Å². The third-order valence-electron chi connectivity index (χ3n) is 3.89. The first-order chi connectivity index (χ1) is 8.59. The Kier molecular flexibility index (Phi) is 3.87.